The molecule has 2 unspecified atom stereocenters. The van der Waals surface area contributed by atoms with Crippen LogP contribution in [-0.2, 0) is 16.6 Å². The Morgan fingerprint density at radius 2 is 1.80 bits per heavy atom. The number of amides is 1. The second-order valence-corrected chi connectivity index (χ2v) is 16.4. The van der Waals surface area contributed by atoms with E-state index in [-0.39, 0.29) is 35.3 Å². The number of aromatic nitrogens is 2. The molecule has 4 aliphatic rings. The van der Waals surface area contributed by atoms with Crippen LogP contribution in [0.2, 0.25) is 0 Å². The molecular formula is C32H33F2N5O4S2. The zero-order valence-corrected chi connectivity index (χ0v) is 26.3. The van der Waals surface area contributed by atoms with Crippen LogP contribution >= 0.6 is 11.3 Å². The highest BCUT2D eigenvalue weighted by molar-refractivity contribution is 7.91. The van der Waals surface area contributed by atoms with Crippen molar-refractivity contribution in [1.82, 2.24) is 20.2 Å². The normalized spacial score (nSPS) is 23.9. The van der Waals surface area contributed by atoms with Gasteiger partial charge in [-0.1, -0.05) is 22.6 Å². The molecule has 4 aromatic rings. The number of hydrogen-bond donors (Lipinski definition) is 2. The third-order valence-electron chi connectivity index (χ3n) is 9.96. The zero-order chi connectivity index (χ0) is 31.1. The van der Waals surface area contributed by atoms with Crippen LogP contribution in [0.3, 0.4) is 0 Å². The first-order valence-electron chi connectivity index (χ1n) is 15.5. The van der Waals surface area contributed by atoms with Gasteiger partial charge in [-0.2, -0.15) is 0 Å². The summed E-state index contributed by atoms with van der Waals surface area (Å²) in [6, 6.07) is 9.72. The predicted octanol–water partition coefficient (Wildman–Crippen LogP) is 6.01. The smallest absolute Gasteiger partial charge is 0.264 e. The SMILES string of the molecule is CC1(S(=O)(=O)NC(=O)c2ccc3nc(N4C5CCC4CC(NCc4c(-c6c(F)cccc6F)noc4C4CC4)C5)sc3c2)CC1. The monoisotopic (exact) mass is 653 g/mol. The topological polar surface area (TPSA) is 117 Å². The van der Waals surface area contributed by atoms with Gasteiger partial charge >= 0.3 is 0 Å². The molecule has 2 bridgehead atoms. The Labute approximate surface area is 263 Å². The van der Waals surface area contributed by atoms with Crippen molar-refractivity contribution in [2.24, 2.45) is 0 Å². The van der Waals surface area contributed by atoms with E-state index in [0.29, 0.717) is 24.9 Å². The minimum absolute atomic E-state index is 0.143. The van der Waals surface area contributed by atoms with Gasteiger partial charge in [0.2, 0.25) is 10.0 Å². The number of carbonyl (C=O) groups is 1. The molecule has 1 amide bonds. The molecule has 2 aliphatic heterocycles. The molecule has 8 rings (SSSR count). The van der Waals surface area contributed by atoms with Gasteiger partial charge < -0.3 is 14.7 Å². The number of rotatable bonds is 9. The van der Waals surface area contributed by atoms with Crippen molar-refractivity contribution in [3.63, 3.8) is 0 Å². The summed E-state index contributed by atoms with van der Waals surface area (Å²) in [6.07, 6.45) is 6.93. The van der Waals surface area contributed by atoms with E-state index in [2.05, 4.69) is 20.1 Å². The number of anilines is 1. The van der Waals surface area contributed by atoms with E-state index in [1.807, 2.05) is 0 Å². The maximum atomic E-state index is 14.7. The van der Waals surface area contributed by atoms with Gasteiger partial charge in [-0.05, 0) is 88.6 Å². The van der Waals surface area contributed by atoms with E-state index in [4.69, 9.17) is 9.51 Å². The molecule has 2 N–H and O–H groups in total. The molecule has 2 atom stereocenters. The van der Waals surface area contributed by atoms with Crippen molar-refractivity contribution in [2.45, 2.75) is 93.6 Å². The van der Waals surface area contributed by atoms with Crippen LogP contribution in [0.4, 0.5) is 13.9 Å². The molecule has 2 aromatic carbocycles. The second-order valence-electron chi connectivity index (χ2n) is 13.1. The molecule has 9 nitrogen and oxygen atoms in total. The maximum Gasteiger partial charge on any atom is 0.264 e. The van der Waals surface area contributed by atoms with Gasteiger partial charge in [0, 0.05) is 41.7 Å². The molecule has 2 saturated carbocycles. The maximum absolute atomic E-state index is 14.7. The molecule has 4 fully saturated rings. The van der Waals surface area contributed by atoms with Gasteiger partial charge in [-0.25, -0.2) is 26.9 Å². The van der Waals surface area contributed by atoms with Crippen molar-refractivity contribution in [3.05, 3.63) is 64.9 Å². The number of thiazole rings is 1. The molecule has 2 aliphatic carbocycles. The lowest BCUT2D eigenvalue weighted by atomic mass is 9.97. The van der Waals surface area contributed by atoms with Gasteiger partial charge in [0.05, 0.1) is 20.5 Å². The Balaban J connectivity index is 0.974. The molecule has 13 heteroatoms. The summed E-state index contributed by atoms with van der Waals surface area (Å²) in [6.45, 7) is 2.07. The van der Waals surface area contributed by atoms with E-state index < -0.39 is 32.3 Å². The lowest BCUT2D eigenvalue weighted by Crippen LogP contribution is -2.49. The number of benzene rings is 2. The predicted molar refractivity (Wildman–Crippen MR) is 167 cm³/mol. The Hall–Kier alpha value is -3.42. The number of carbonyl (C=O) groups excluding carboxylic acids is 1. The number of hydrogen-bond acceptors (Lipinski definition) is 9. The highest BCUT2D eigenvalue weighted by atomic mass is 32.2. The van der Waals surface area contributed by atoms with Crippen molar-refractivity contribution in [2.75, 3.05) is 4.90 Å². The largest absolute Gasteiger partial charge is 0.360 e. The first kappa shape index (κ1) is 29.0. The fraction of sp³-hybridized carbons (Fsp3) is 0.469. The summed E-state index contributed by atoms with van der Waals surface area (Å²) in [5.74, 6) is -0.959. The summed E-state index contributed by atoms with van der Waals surface area (Å²) in [7, 11) is -3.72. The van der Waals surface area contributed by atoms with Crippen LogP contribution in [0.15, 0.2) is 40.9 Å². The molecule has 4 heterocycles. The summed E-state index contributed by atoms with van der Waals surface area (Å²) in [5.41, 5.74) is 1.90. The van der Waals surface area contributed by atoms with Crippen molar-refractivity contribution in [3.8, 4) is 11.3 Å². The average Bonchev–Trinajstić information content (AvgIpc) is 3.88. The average molecular weight is 654 g/mol. The van der Waals surface area contributed by atoms with Crippen LogP contribution in [0, 0.1) is 11.6 Å². The van der Waals surface area contributed by atoms with Crippen LogP contribution in [0.5, 0.6) is 0 Å². The van der Waals surface area contributed by atoms with E-state index in [1.165, 1.54) is 29.5 Å². The van der Waals surface area contributed by atoms with Crippen LogP contribution in [0.1, 0.15) is 85.9 Å². The lowest BCUT2D eigenvalue weighted by Gasteiger charge is -2.39. The van der Waals surface area contributed by atoms with E-state index in [0.717, 1.165) is 65.2 Å². The van der Waals surface area contributed by atoms with Crippen molar-refractivity contribution < 1.29 is 26.5 Å². The molecule has 0 radical (unpaired) electrons. The second kappa shape index (κ2) is 10.6. The standard InChI is InChI=1S/C32H33F2N5O4S2/c1-32(11-12-32)45(41,42)38-30(40)18-7-10-25-26(13-18)44-31(36-25)39-20-8-9-21(39)15-19(14-20)35-16-22-28(37-43-29(22)17-5-6-17)27-23(33)3-2-4-24(27)34/h2-4,7,10,13,17,19-21,35H,5-6,8-9,11-12,14-16H2,1H3,(H,38,40). The number of nitrogens with one attached hydrogen (secondary N) is 2. The number of nitrogens with zero attached hydrogens (tertiary/aromatic N) is 3. The number of sulfonamides is 1. The minimum atomic E-state index is -3.72. The molecule has 2 aromatic heterocycles. The van der Waals surface area contributed by atoms with Gasteiger partial charge in [0.25, 0.3) is 5.91 Å². The third kappa shape index (κ3) is 5.12. The van der Waals surface area contributed by atoms with E-state index in [1.54, 1.807) is 25.1 Å². The van der Waals surface area contributed by atoms with Crippen LogP contribution < -0.4 is 14.9 Å². The van der Waals surface area contributed by atoms with Gasteiger partial charge in [-0.15, -0.1) is 0 Å². The fourth-order valence-corrected chi connectivity index (χ4v) is 9.29. The van der Waals surface area contributed by atoms with Crippen LogP contribution in [-0.4, -0.2) is 47.3 Å². The highest BCUT2D eigenvalue weighted by Gasteiger charge is 2.51. The molecule has 2 saturated heterocycles. The lowest BCUT2D eigenvalue weighted by molar-refractivity contribution is 0.0981. The molecule has 45 heavy (non-hydrogen) atoms. The first-order valence-corrected chi connectivity index (χ1v) is 17.8. The van der Waals surface area contributed by atoms with Gasteiger partial charge in [0.15, 0.2) is 5.13 Å². The fourth-order valence-electron chi connectivity index (χ4n) is 6.90. The number of piperidine rings is 1. The Morgan fingerprint density at radius 3 is 2.47 bits per heavy atom. The number of fused-ring (bicyclic) bond motifs is 3. The van der Waals surface area contributed by atoms with Crippen molar-refractivity contribution >= 4 is 42.6 Å². The minimum Gasteiger partial charge on any atom is -0.360 e. The third-order valence-corrected chi connectivity index (χ3v) is 13.1. The summed E-state index contributed by atoms with van der Waals surface area (Å²) in [4.78, 5) is 20.1. The number of halogens is 2. The summed E-state index contributed by atoms with van der Waals surface area (Å²) in [5, 5.41) is 8.70. The van der Waals surface area contributed by atoms with E-state index in [9.17, 15) is 22.0 Å². The summed E-state index contributed by atoms with van der Waals surface area (Å²) >= 11 is 1.52. The van der Waals surface area contributed by atoms with Crippen molar-refractivity contribution in [1.29, 1.82) is 0 Å². The van der Waals surface area contributed by atoms with Gasteiger partial charge in [-0.3, -0.25) is 4.79 Å². The molecule has 236 valence electrons. The summed E-state index contributed by atoms with van der Waals surface area (Å²) < 4.78 is 62.4. The Morgan fingerprint density at radius 1 is 1.09 bits per heavy atom. The van der Waals surface area contributed by atoms with Gasteiger partial charge in [0.1, 0.15) is 23.1 Å². The first-order chi connectivity index (χ1) is 21.6. The Bertz CT molecular complexity index is 1900. The zero-order valence-electron chi connectivity index (χ0n) is 24.7. The Kier molecular flexibility index (Phi) is 6.81. The van der Waals surface area contributed by atoms with E-state index >= 15 is 0 Å². The highest BCUT2D eigenvalue weighted by Crippen LogP contribution is 2.46. The quantitative estimate of drug-likeness (QED) is 0.226. The molecule has 0 spiro atoms. The van der Waals surface area contributed by atoms with Crippen LogP contribution in [0.25, 0.3) is 21.5 Å². The molecular weight excluding hydrogens is 621 g/mol.